The topological polar surface area (TPSA) is 77.2 Å². The summed E-state index contributed by atoms with van der Waals surface area (Å²) in [5.74, 6) is -0.975. The Morgan fingerprint density at radius 3 is 2.56 bits per heavy atom. The Morgan fingerprint density at radius 1 is 1.09 bits per heavy atom. The van der Waals surface area contributed by atoms with Gasteiger partial charge in [0.05, 0.1) is 18.0 Å². The smallest absolute Gasteiger partial charge is 0.309 e. The molecule has 0 saturated heterocycles. The van der Waals surface area contributed by atoms with Crippen LogP contribution in [0.4, 0.5) is 0 Å². The highest BCUT2D eigenvalue weighted by atomic mass is 16.5. The summed E-state index contributed by atoms with van der Waals surface area (Å²) in [6, 6.07) is 19.8. The lowest BCUT2D eigenvalue weighted by atomic mass is 9.79. The number of carbonyl (C=O) groups excluding carboxylic acids is 1. The molecule has 34 heavy (non-hydrogen) atoms. The summed E-state index contributed by atoms with van der Waals surface area (Å²) in [7, 11) is 0. The molecule has 0 amide bonds. The number of fused-ring (bicyclic) bond motifs is 1. The lowest BCUT2D eigenvalue weighted by molar-refractivity contribution is -0.149. The molecule has 0 aliphatic carbocycles. The molecule has 0 radical (unpaired) electrons. The van der Waals surface area contributed by atoms with Gasteiger partial charge in [-0.05, 0) is 60.2 Å². The Balaban J connectivity index is 1.75. The Kier molecular flexibility index (Phi) is 7.08. The van der Waals surface area contributed by atoms with Gasteiger partial charge in [0.15, 0.2) is 0 Å². The number of hydrogen-bond donors (Lipinski definition) is 1. The van der Waals surface area contributed by atoms with Gasteiger partial charge in [0.2, 0.25) is 0 Å². The third-order valence-electron chi connectivity index (χ3n) is 6.62. The highest BCUT2D eigenvalue weighted by Gasteiger charge is 2.31. The van der Waals surface area contributed by atoms with Gasteiger partial charge < -0.3 is 9.84 Å². The van der Waals surface area contributed by atoms with Crippen LogP contribution >= 0.6 is 0 Å². The first kappa shape index (κ1) is 23.6. The third kappa shape index (κ3) is 4.59. The van der Waals surface area contributed by atoms with E-state index in [-0.39, 0.29) is 25.1 Å². The van der Waals surface area contributed by atoms with Crippen LogP contribution in [0.25, 0.3) is 11.0 Å². The van der Waals surface area contributed by atoms with Crippen LogP contribution in [-0.4, -0.2) is 26.1 Å². The monoisotopic (exact) mass is 457 g/mol. The molecule has 0 spiro atoms. The van der Waals surface area contributed by atoms with Crippen LogP contribution in [0.2, 0.25) is 0 Å². The number of aryl methyl sites for hydroxylation is 3. The average Bonchev–Trinajstić information content (AvgIpc) is 3.29. The van der Waals surface area contributed by atoms with Crippen molar-refractivity contribution in [3.63, 3.8) is 0 Å². The van der Waals surface area contributed by atoms with E-state index in [1.165, 1.54) is 0 Å². The van der Waals surface area contributed by atoms with Crippen LogP contribution in [0.15, 0.2) is 60.7 Å². The van der Waals surface area contributed by atoms with E-state index in [4.69, 9.17) is 4.74 Å². The van der Waals surface area contributed by atoms with Crippen LogP contribution in [0, 0.1) is 19.8 Å². The van der Waals surface area contributed by atoms with Crippen LogP contribution in [0.3, 0.4) is 0 Å². The minimum atomic E-state index is -0.449. The molecule has 1 N–H and O–H groups in total. The van der Waals surface area contributed by atoms with Gasteiger partial charge in [-0.3, -0.25) is 4.79 Å². The standard InChI is InChI=1S/C28H31N3O3/c1-5-31-25-14-13-24(19(3)27(25)29-30-31)26(22-12-11-18(2)23(15-22)16-32)20(4)28(33)34-17-21-9-7-6-8-10-21/h6-15,20,26,32H,5,16-17H2,1-4H3/t20-,26+/m0/s1. The molecule has 3 aromatic carbocycles. The maximum absolute atomic E-state index is 13.2. The zero-order valence-electron chi connectivity index (χ0n) is 20.2. The second-order valence-electron chi connectivity index (χ2n) is 8.76. The van der Waals surface area contributed by atoms with E-state index < -0.39 is 5.92 Å². The molecule has 0 saturated carbocycles. The zero-order valence-corrected chi connectivity index (χ0v) is 20.2. The molecule has 6 nitrogen and oxygen atoms in total. The number of aliphatic hydroxyl groups excluding tert-OH is 1. The first-order valence-corrected chi connectivity index (χ1v) is 11.7. The molecule has 0 aliphatic heterocycles. The number of hydrogen-bond acceptors (Lipinski definition) is 5. The molecule has 0 unspecified atom stereocenters. The SMILES string of the molecule is CCn1nnc2c(C)c([C@@H](c3ccc(C)c(CO)c3)[C@H](C)C(=O)OCc3ccccc3)ccc21. The zero-order chi connectivity index (χ0) is 24.2. The average molecular weight is 458 g/mol. The Morgan fingerprint density at radius 2 is 1.85 bits per heavy atom. The van der Waals surface area contributed by atoms with Gasteiger partial charge in [0.25, 0.3) is 0 Å². The summed E-state index contributed by atoms with van der Waals surface area (Å²) in [4.78, 5) is 13.2. The number of nitrogens with zero attached hydrogens (tertiary/aromatic N) is 3. The van der Waals surface area contributed by atoms with Gasteiger partial charge in [0.1, 0.15) is 12.1 Å². The maximum Gasteiger partial charge on any atom is 0.309 e. The lowest BCUT2D eigenvalue weighted by Crippen LogP contribution is -2.24. The van der Waals surface area contributed by atoms with E-state index in [0.717, 1.165) is 51.0 Å². The van der Waals surface area contributed by atoms with Gasteiger partial charge in [-0.25, -0.2) is 4.68 Å². The fourth-order valence-corrected chi connectivity index (χ4v) is 4.54. The van der Waals surface area contributed by atoms with Crippen LogP contribution in [0.1, 0.15) is 53.1 Å². The molecule has 0 fully saturated rings. The molecular formula is C28H31N3O3. The molecule has 2 atom stereocenters. The van der Waals surface area contributed by atoms with Crippen molar-refractivity contribution >= 4 is 17.0 Å². The van der Waals surface area contributed by atoms with Gasteiger partial charge in [-0.1, -0.05) is 66.7 Å². The summed E-state index contributed by atoms with van der Waals surface area (Å²) < 4.78 is 7.59. The normalized spacial score (nSPS) is 13.1. The minimum absolute atomic E-state index is 0.0535. The number of aliphatic hydroxyl groups is 1. The van der Waals surface area contributed by atoms with Crippen molar-refractivity contribution in [2.24, 2.45) is 5.92 Å². The predicted octanol–water partition coefficient (Wildman–Crippen LogP) is 5.07. The van der Waals surface area contributed by atoms with E-state index in [0.29, 0.717) is 0 Å². The maximum atomic E-state index is 13.2. The Labute approximate surface area is 200 Å². The largest absolute Gasteiger partial charge is 0.461 e. The molecule has 4 rings (SSSR count). The highest BCUT2D eigenvalue weighted by Crippen LogP contribution is 2.37. The highest BCUT2D eigenvalue weighted by molar-refractivity contribution is 5.81. The number of esters is 1. The Hall–Kier alpha value is -3.51. The van der Waals surface area contributed by atoms with Gasteiger partial charge in [-0.2, -0.15) is 0 Å². The van der Waals surface area contributed by atoms with Crippen molar-refractivity contribution in [1.29, 1.82) is 0 Å². The fourth-order valence-electron chi connectivity index (χ4n) is 4.54. The Bertz CT molecular complexity index is 1300. The molecule has 1 aromatic heterocycles. The first-order valence-electron chi connectivity index (χ1n) is 11.7. The van der Waals surface area contributed by atoms with Crippen LogP contribution in [0.5, 0.6) is 0 Å². The number of rotatable bonds is 8. The molecule has 0 bridgehead atoms. The van der Waals surface area contributed by atoms with Gasteiger partial charge >= 0.3 is 5.97 Å². The number of benzene rings is 3. The van der Waals surface area contributed by atoms with Crippen molar-refractivity contribution in [2.75, 3.05) is 0 Å². The second kappa shape index (κ2) is 10.2. The second-order valence-corrected chi connectivity index (χ2v) is 8.76. The molecule has 176 valence electrons. The van der Waals surface area contributed by atoms with Gasteiger partial charge in [0, 0.05) is 12.5 Å². The first-order chi connectivity index (χ1) is 16.4. The van der Waals surface area contributed by atoms with Crippen molar-refractivity contribution in [3.05, 3.63) is 94.0 Å². The van der Waals surface area contributed by atoms with Gasteiger partial charge in [-0.15, -0.1) is 5.10 Å². The minimum Gasteiger partial charge on any atom is -0.461 e. The van der Waals surface area contributed by atoms with Crippen molar-refractivity contribution < 1.29 is 14.6 Å². The molecule has 6 heteroatoms. The van der Waals surface area contributed by atoms with Crippen molar-refractivity contribution in [2.45, 2.75) is 53.4 Å². The lowest BCUT2D eigenvalue weighted by Gasteiger charge is -2.26. The molecular weight excluding hydrogens is 426 g/mol. The van der Waals surface area contributed by atoms with E-state index in [1.54, 1.807) is 0 Å². The van der Waals surface area contributed by atoms with Crippen LogP contribution in [-0.2, 0) is 29.3 Å². The van der Waals surface area contributed by atoms with E-state index in [9.17, 15) is 9.90 Å². The number of aromatic nitrogens is 3. The summed E-state index contributed by atoms with van der Waals surface area (Å²) in [6.07, 6.45) is 0. The molecule has 1 heterocycles. The van der Waals surface area contributed by atoms with E-state index >= 15 is 0 Å². The number of ether oxygens (including phenoxy) is 1. The fraction of sp³-hybridized carbons (Fsp3) is 0.321. The van der Waals surface area contributed by atoms with Crippen molar-refractivity contribution in [3.8, 4) is 0 Å². The summed E-state index contributed by atoms with van der Waals surface area (Å²) in [5.41, 5.74) is 7.59. The van der Waals surface area contributed by atoms with E-state index in [1.807, 2.05) is 87.0 Å². The van der Waals surface area contributed by atoms with Crippen LogP contribution < -0.4 is 0 Å². The van der Waals surface area contributed by atoms with E-state index in [2.05, 4.69) is 16.4 Å². The quantitative estimate of drug-likeness (QED) is 0.374. The summed E-state index contributed by atoms with van der Waals surface area (Å²) in [5, 5.41) is 18.5. The van der Waals surface area contributed by atoms with Crippen molar-refractivity contribution in [1.82, 2.24) is 15.0 Å². The molecule has 4 aromatic rings. The number of carbonyl (C=O) groups is 1. The summed E-state index contributed by atoms with van der Waals surface area (Å²) >= 11 is 0. The summed E-state index contributed by atoms with van der Waals surface area (Å²) in [6.45, 7) is 8.86. The third-order valence-corrected chi connectivity index (χ3v) is 6.62. The molecule has 0 aliphatic rings. The predicted molar refractivity (Wildman–Crippen MR) is 132 cm³/mol.